The first-order valence-electron chi connectivity index (χ1n) is 8.60. The maximum Gasteiger partial charge on any atom is 0.490 e. The molecule has 6 nitrogen and oxygen atoms in total. The Hall–Kier alpha value is -3.33. The first kappa shape index (κ1) is 22.0. The maximum atomic E-state index is 11.7. The Morgan fingerprint density at radius 3 is 2.24 bits per heavy atom. The Kier molecular flexibility index (Phi) is 7.38. The van der Waals surface area contributed by atoms with Gasteiger partial charge in [-0.2, -0.15) is 13.2 Å². The second kappa shape index (κ2) is 9.74. The van der Waals surface area contributed by atoms with E-state index >= 15 is 0 Å². The number of aromatic nitrogens is 1. The van der Waals surface area contributed by atoms with Gasteiger partial charge in [-0.1, -0.05) is 48.5 Å². The highest BCUT2D eigenvalue weighted by atomic mass is 19.4. The number of amides is 1. The van der Waals surface area contributed by atoms with E-state index < -0.39 is 12.1 Å². The summed E-state index contributed by atoms with van der Waals surface area (Å²) in [4.78, 5) is 23.9. The molecule has 154 valence electrons. The largest absolute Gasteiger partial charge is 0.490 e. The van der Waals surface area contributed by atoms with Crippen LogP contribution < -0.4 is 11.1 Å². The predicted octanol–water partition coefficient (Wildman–Crippen LogP) is 2.99. The molecular formula is C20H20F3N3O3. The standard InChI is InChI=1S/C18H19N3O.C2HF3O2/c19-18(22)17(20-11-13-6-2-1-3-7-13)10-14-12-21-16-9-5-4-8-15(14)16;3-2(4,5)1(6)7/h1-9,12,17,20-21H,10-11H2,(H2,19,22);(H,6,7)/t17-;/m0./s1. The number of fused-ring (bicyclic) bond motifs is 1. The Labute approximate surface area is 164 Å². The molecule has 0 saturated carbocycles. The number of carboxylic acids is 1. The van der Waals surface area contributed by atoms with Gasteiger partial charge in [-0.25, -0.2) is 4.79 Å². The number of aromatic amines is 1. The zero-order valence-electron chi connectivity index (χ0n) is 15.2. The summed E-state index contributed by atoms with van der Waals surface area (Å²) < 4.78 is 31.7. The van der Waals surface area contributed by atoms with E-state index in [-0.39, 0.29) is 11.9 Å². The van der Waals surface area contributed by atoms with E-state index in [2.05, 4.69) is 16.4 Å². The third kappa shape index (κ3) is 6.65. The highest BCUT2D eigenvalue weighted by Crippen LogP contribution is 2.19. The Morgan fingerprint density at radius 2 is 1.66 bits per heavy atom. The monoisotopic (exact) mass is 407 g/mol. The van der Waals surface area contributed by atoms with Crippen LogP contribution in [-0.4, -0.2) is 34.2 Å². The molecule has 1 aromatic heterocycles. The number of primary amides is 1. The first-order chi connectivity index (χ1) is 13.7. The third-order valence-electron chi connectivity index (χ3n) is 4.08. The van der Waals surface area contributed by atoms with Crippen molar-refractivity contribution >= 4 is 22.8 Å². The summed E-state index contributed by atoms with van der Waals surface area (Å²) in [6.45, 7) is 0.622. The number of carboxylic acid groups (broad SMARTS) is 1. The summed E-state index contributed by atoms with van der Waals surface area (Å²) in [5.74, 6) is -3.09. The summed E-state index contributed by atoms with van der Waals surface area (Å²) in [6.07, 6.45) is -2.56. The average molecular weight is 407 g/mol. The van der Waals surface area contributed by atoms with Gasteiger partial charge in [-0.05, 0) is 23.6 Å². The van der Waals surface area contributed by atoms with E-state index in [1.54, 1.807) is 0 Å². The Bertz CT molecular complexity index is 956. The number of carbonyl (C=O) groups is 2. The molecule has 1 heterocycles. The molecule has 9 heteroatoms. The fraction of sp³-hybridized carbons (Fsp3) is 0.200. The van der Waals surface area contributed by atoms with Gasteiger partial charge in [0, 0.05) is 23.6 Å². The summed E-state index contributed by atoms with van der Waals surface area (Å²) in [7, 11) is 0. The lowest BCUT2D eigenvalue weighted by molar-refractivity contribution is -0.192. The van der Waals surface area contributed by atoms with E-state index in [0.29, 0.717) is 13.0 Å². The van der Waals surface area contributed by atoms with Gasteiger partial charge in [0.2, 0.25) is 5.91 Å². The topological polar surface area (TPSA) is 108 Å². The molecule has 1 amide bonds. The van der Waals surface area contributed by atoms with Gasteiger partial charge in [0.05, 0.1) is 6.04 Å². The summed E-state index contributed by atoms with van der Waals surface area (Å²) in [5.41, 5.74) is 8.85. The summed E-state index contributed by atoms with van der Waals surface area (Å²) in [6, 6.07) is 17.7. The molecule has 0 aliphatic carbocycles. The fourth-order valence-corrected chi connectivity index (χ4v) is 2.63. The van der Waals surface area contributed by atoms with Crippen molar-refractivity contribution in [1.29, 1.82) is 0 Å². The SMILES string of the molecule is NC(=O)[C@H](Cc1c[nH]c2ccccc12)NCc1ccccc1.O=C(O)C(F)(F)F. The van der Waals surface area contributed by atoms with Crippen molar-refractivity contribution < 1.29 is 27.9 Å². The van der Waals surface area contributed by atoms with Gasteiger partial charge in [-0.15, -0.1) is 0 Å². The number of halogens is 3. The molecule has 0 spiro atoms. The minimum atomic E-state index is -5.08. The maximum absolute atomic E-state index is 11.7. The fourth-order valence-electron chi connectivity index (χ4n) is 2.63. The number of hydrogen-bond donors (Lipinski definition) is 4. The summed E-state index contributed by atoms with van der Waals surface area (Å²) in [5, 5.41) is 11.5. The number of hydrogen-bond acceptors (Lipinski definition) is 3. The second-order valence-corrected chi connectivity index (χ2v) is 6.19. The van der Waals surface area contributed by atoms with Gasteiger partial charge in [0.1, 0.15) is 0 Å². The van der Waals surface area contributed by atoms with Crippen LogP contribution >= 0.6 is 0 Å². The van der Waals surface area contributed by atoms with Gasteiger partial charge in [0.15, 0.2) is 0 Å². The van der Waals surface area contributed by atoms with Crippen LogP contribution in [0.3, 0.4) is 0 Å². The molecule has 2 aromatic carbocycles. The highest BCUT2D eigenvalue weighted by Gasteiger charge is 2.38. The molecule has 0 fully saturated rings. The molecule has 1 atom stereocenters. The number of rotatable bonds is 6. The molecule has 0 saturated heterocycles. The normalized spacial score (nSPS) is 12.1. The van der Waals surface area contributed by atoms with E-state index in [1.165, 1.54) is 0 Å². The van der Waals surface area contributed by atoms with Crippen LogP contribution in [0.4, 0.5) is 13.2 Å². The van der Waals surface area contributed by atoms with Crippen molar-refractivity contribution in [1.82, 2.24) is 10.3 Å². The molecule has 0 bridgehead atoms. The molecule has 3 rings (SSSR count). The number of nitrogens with one attached hydrogen (secondary N) is 2. The number of para-hydroxylation sites is 1. The smallest absolute Gasteiger partial charge is 0.475 e. The van der Waals surface area contributed by atoms with E-state index in [1.807, 2.05) is 54.7 Å². The number of carbonyl (C=O) groups excluding carboxylic acids is 1. The highest BCUT2D eigenvalue weighted by molar-refractivity contribution is 5.85. The second-order valence-electron chi connectivity index (χ2n) is 6.19. The first-order valence-corrected chi connectivity index (χ1v) is 8.60. The number of benzene rings is 2. The van der Waals surface area contributed by atoms with Crippen molar-refractivity contribution in [2.75, 3.05) is 0 Å². The van der Waals surface area contributed by atoms with Crippen LogP contribution in [0.1, 0.15) is 11.1 Å². The number of H-pyrrole nitrogens is 1. The molecular weight excluding hydrogens is 387 g/mol. The molecule has 29 heavy (non-hydrogen) atoms. The molecule has 0 unspecified atom stereocenters. The van der Waals surface area contributed by atoms with E-state index in [9.17, 15) is 18.0 Å². The van der Waals surface area contributed by atoms with Crippen LogP contribution in [0.5, 0.6) is 0 Å². The van der Waals surface area contributed by atoms with E-state index in [0.717, 1.165) is 22.0 Å². The average Bonchev–Trinajstić information content (AvgIpc) is 3.08. The molecule has 0 aliphatic rings. The van der Waals surface area contributed by atoms with Crippen molar-refractivity contribution in [2.45, 2.75) is 25.2 Å². The minimum absolute atomic E-state index is 0.332. The molecule has 3 aromatic rings. The van der Waals surface area contributed by atoms with Crippen LogP contribution in [0.2, 0.25) is 0 Å². The third-order valence-corrected chi connectivity index (χ3v) is 4.08. The Balaban J connectivity index is 0.000000370. The van der Waals surface area contributed by atoms with Gasteiger partial charge >= 0.3 is 12.1 Å². The van der Waals surface area contributed by atoms with E-state index in [4.69, 9.17) is 15.6 Å². The van der Waals surface area contributed by atoms with Crippen molar-refractivity contribution in [3.8, 4) is 0 Å². The number of nitrogens with two attached hydrogens (primary N) is 1. The lowest BCUT2D eigenvalue weighted by Crippen LogP contribution is -2.42. The predicted molar refractivity (Wildman–Crippen MR) is 102 cm³/mol. The molecule has 0 aliphatic heterocycles. The van der Waals surface area contributed by atoms with Gasteiger partial charge in [0.25, 0.3) is 0 Å². The van der Waals surface area contributed by atoms with Gasteiger partial charge < -0.3 is 21.1 Å². The van der Waals surface area contributed by atoms with Crippen molar-refractivity contribution in [3.05, 3.63) is 71.9 Å². The zero-order chi connectivity index (χ0) is 21.4. The number of aliphatic carboxylic acids is 1. The Morgan fingerprint density at radius 1 is 1.07 bits per heavy atom. The van der Waals surface area contributed by atoms with Crippen LogP contribution in [0.15, 0.2) is 60.8 Å². The lowest BCUT2D eigenvalue weighted by atomic mass is 10.0. The van der Waals surface area contributed by atoms with Gasteiger partial charge in [-0.3, -0.25) is 4.79 Å². The quantitative estimate of drug-likeness (QED) is 0.504. The zero-order valence-corrected chi connectivity index (χ0v) is 15.2. The minimum Gasteiger partial charge on any atom is -0.475 e. The number of alkyl halides is 3. The van der Waals surface area contributed by atoms with Crippen LogP contribution in [0.25, 0.3) is 10.9 Å². The van der Waals surface area contributed by atoms with Crippen LogP contribution in [0, 0.1) is 0 Å². The molecule has 5 N–H and O–H groups in total. The van der Waals surface area contributed by atoms with Crippen LogP contribution in [-0.2, 0) is 22.6 Å². The van der Waals surface area contributed by atoms with Crippen molar-refractivity contribution in [3.63, 3.8) is 0 Å². The lowest BCUT2D eigenvalue weighted by Gasteiger charge is -2.15. The molecule has 0 radical (unpaired) electrons. The summed E-state index contributed by atoms with van der Waals surface area (Å²) >= 11 is 0. The van der Waals surface area contributed by atoms with Crippen molar-refractivity contribution in [2.24, 2.45) is 5.73 Å².